The fraction of sp³-hybridized carbons (Fsp3) is 0.391. The Morgan fingerprint density at radius 3 is 2.48 bits per heavy atom. The Hall–Kier alpha value is -1.73. The summed E-state index contributed by atoms with van der Waals surface area (Å²) in [5.74, 6) is 0.0695. The Labute approximate surface area is 198 Å². The molecule has 0 aromatic heterocycles. The van der Waals surface area contributed by atoms with Gasteiger partial charge in [-0.25, -0.2) is 0 Å². The molecule has 0 heterocycles. The average molecular weight is 482 g/mol. The molecule has 0 fully saturated rings. The Morgan fingerprint density at radius 2 is 1.84 bits per heavy atom. The van der Waals surface area contributed by atoms with Crippen molar-refractivity contribution in [2.45, 2.75) is 32.9 Å². The Morgan fingerprint density at radius 1 is 1.10 bits per heavy atom. The minimum atomic E-state index is -0.682. The summed E-state index contributed by atoms with van der Waals surface area (Å²) in [6.07, 6.45) is 2.46. The van der Waals surface area contributed by atoms with Gasteiger partial charge in [0.1, 0.15) is 6.04 Å². The van der Waals surface area contributed by atoms with Crippen LogP contribution in [0.25, 0.3) is 0 Å². The summed E-state index contributed by atoms with van der Waals surface area (Å²) in [5.41, 5.74) is 2.12. The SMILES string of the molecule is CCN(CC)Cc1cccc(NC(=O)C(CCSC)NC(=O)c2ccc(Cl)cc2Cl)c1. The highest BCUT2D eigenvalue weighted by Gasteiger charge is 2.22. The van der Waals surface area contributed by atoms with Crippen molar-refractivity contribution in [1.29, 1.82) is 0 Å². The maximum atomic E-state index is 13.0. The molecule has 0 radical (unpaired) electrons. The number of nitrogens with one attached hydrogen (secondary N) is 2. The van der Waals surface area contributed by atoms with Crippen molar-refractivity contribution in [3.05, 3.63) is 63.6 Å². The van der Waals surface area contributed by atoms with Crippen molar-refractivity contribution in [2.75, 3.05) is 30.4 Å². The molecular formula is C23H29Cl2N3O2S. The van der Waals surface area contributed by atoms with E-state index in [1.807, 2.05) is 30.5 Å². The molecule has 168 valence electrons. The first-order valence-electron chi connectivity index (χ1n) is 10.2. The summed E-state index contributed by atoms with van der Waals surface area (Å²) in [6, 6.07) is 11.8. The van der Waals surface area contributed by atoms with Crippen LogP contribution >= 0.6 is 35.0 Å². The van der Waals surface area contributed by atoms with E-state index >= 15 is 0 Å². The molecule has 2 rings (SSSR count). The third kappa shape index (κ3) is 8.04. The summed E-state index contributed by atoms with van der Waals surface area (Å²) in [5, 5.41) is 6.45. The predicted molar refractivity (Wildman–Crippen MR) is 132 cm³/mol. The van der Waals surface area contributed by atoms with Gasteiger partial charge in [-0.3, -0.25) is 14.5 Å². The molecular weight excluding hydrogens is 453 g/mol. The zero-order valence-electron chi connectivity index (χ0n) is 18.1. The lowest BCUT2D eigenvalue weighted by Gasteiger charge is -2.20. The van der Waals surface area contributed by atoms with Crippen LogP contribution in [0, 0.1) is 0 Å². The second-order valence-electron chi connectivity index (χ2n) is 7.08. The fourth-order valence-corrected chi connectivity index (χ4v) is 4.06. The molecule has 0 saturated heterocycles. The molecule has 0 aliphatic rings. The number of amides is 2. The number of hydrogen-bond donors (Lipinski definition) is 2. The van der Waals surface area contributed by atoms with E-state index in [-0.39, 0.29) is 16.5 Å². The number of carbonyl (C=O) groups is 2. The van der Waals surface area contributed by atoms with Gasteiger partial charge in [0.25, 0.3) is 5.91 Å². The normalized spacial score (nSPS) is 11.9. The van der Waals surface area contributed by atoms with Gasteiger partial charge >= 0.3 is 0 Å². The Balaban J connectivity index is 2.11. The molecule has 31 heavy (non-hydrogen) atoms. The predicted octanol–water partition coefficient (Wildman–Crippen LogP) is 5.33. The zero-order valence-corrected chi connectivity index (χ0v) is 20.4. The average Bonchev–Trinajstić information content (AvgIpc) is 2.74. The molecule has 1 atom stereocenters. The highest BCUT2D eigenvalue weighted by Crippen LogP contribution is 2.21. The molecule has 8 heteroatoms. The van der Waals surface area contributed by atoms with E-state index in [0.29, 0.717) is 17.1 Å². The summed E-state index contributed by atoms with van der Waals surface area (Å²) in [7, 11) is 0. The van der Waals surface area contributed by atoms with Crippen molar-refractivity contribution in [3.8, 4) is 0 Å². The molecule has 0 bridgehead atoms. The zero-order chi connectivity index (χ0) is 22.8. The molecule has 5 nitrogen and oxygen atoms in total. The van der Waals surface area contributed by atoms with E-state index in [0.717, 1.165) is 31.0 Å². The second-order valence-corrected chi connectivity index (χ2v) is 8.91. The molecule has 2 aromatic carbocycles. The van der Waals surface area contributed by atoms with Crippen molar-refractivity contribution in [2.24, 2.45) is 0 Å². The number of hydrogen-bond acceptors (Lipinski definition) is 4. The minimum absolute atomic E-state index is 0.248. The summed E-state index contributed by atoms with van der Waals surface area (Å²) in [6.45, 7) is 6.99. The first-order chi connectivity index (χ1) is 14.9. The van der Waals surface area contributed by atoms with Crippen LogP contribution < -0.4 is 10.6 Å². The number of benzene rings is 2. The lowest BCUT2D eigenvalue weighted by Crippen LogP contribution is -2.44. The van der Waals surface area contributed by atoms with E-state index in [9.17, 15) is 9.59 Å². The smallest absolute Gasteiger partial charge is 0.253 e. The van der Waals surface area contributed by atoms with E-state index in [2.05, 4.69) is 29.4 Å². The number of halogens is 2. The standard InChI is InChI=1S/C23H29Cl2N3O2S/c1-4-28(5-2)15-16-7-6-8-18(13-16)26-23(30)21(11-12-31-3)27-22(29)19-10-9-17(24)14-20(19)25/h6-10,13-14,21H,4-5,11-12,15H2,1-3H3,(H,26,30)(H,27,29). The van der Waals surface area contributed by atoms with E-state index in [1.54, 1.807) is 23.9 Å². The van der Waals surface area contributed by atoms with Crippen LogP contribution in [0.5, 0.6) is 0 Å². The Kier molecular flexibility index (Phi) is 10.7. The minimum Gasteiger partial charge on any atom is -0.340 e. The van der Waals surface area contributed by atoms with Crippen LogP contribution in [0.2, 0.25) is 10.0 Å². The molecule has 0 aliphatic carbocycles. The van der Waals surface area contributed by atoms with Gasteiger partial charge in [0.2, 0.25) is 5.91 Å². The summed E-state index contributed by atoms with van der Waals surface area (Å²) in [4.78, 5) is 28.0. The maximum absolute atomic E-state index is 13.0. The van der Waals surface area contributed by atoms with Gasteiger partial charge in [-0.05, 0) is 67.4 Å². The fourth-order valence-electron chi connectivity index (χ4n) is 3.10. The third-order valence-electron chi connectivity index (χ3n) is 4.90. The van der Waals surface area contributed by atoms with Crippen LogP contribution in [0.3, 0.4) is 0 Å². The quantitative estimate of drug-likeness (QED) is 0.455. The number of rotatable bonds is 11. The maximum Gasteiger partial charge on any atom is 0.253 e. The first kappa shape index (κ1) is 25.5. The highest BCUT2D eigenvalue weighted by molar-refractivity contribution is 7.98. The van der Waals surface area contributed by atoms with Crippen molar-refractivity contribution in [1.82, 2.24) is 10.2 Å². The topological polar surface area (TPSA) is 61.4 Å². The van der Waals surface area contributed by atoms with Gasteiger partial charge < -0.3 is 10.6 Å². The van der Waals surface area contributed by atoms with Gasteiger partial charge in [-0.15, -0.1) is 0 Å². The van der Waals surface area contributed by atoms with Gasteiger partial charge in [-0.2, -0.15) is 11.8 Å². The number of anilines is 1. The van der Waals surface area contributed by atoms with Gasteiger partial charge in [-0.1, -0.05) is 49.2 Å². The third-order valence-corrected chi connectivity index (χ3v) is 6.10. The molecule has 2 aromatic rings. The van der Waals surface area contributed by atoms with Gasteiger partial charge in [0.05, 0.1) is 10.6 Å². The number of nitrogens with zero attached hydrogens (tertiary/aromatic N) is 1. The summed E-state index contributed by atoms with van der Waals surface area (Å²) >= 11 is 13.7. The first-order valence-corrected chi connectivity index (χ1v) is 12.4. The second kappa shape index (κ2) is 13.0. The summed E-state index contributed by atoms with van der Waals surface area (Å²) < 4.78 is 0. The van der Waals surface area contributed by atoms with Crippen LogP contribution in [-0.2, 0) is 11.3 Å². The molecule has 0 spiro atoms. The van der Waals surface area contributed by atoms with Crippen LogP contribution in [-0.4, -0.2) is 47.9 Å². The van der Waals surface area contributed by atoms with Crippen molar-refractivity contribution < 1.29 is 9.59 Å². The van der Waals surface area contributed by atoms with Crippen LogP contribution in [0.1, 0.15) is 36.2 Å². The van der Waals surface area contributed by atoms with Crippen LogP contribution in [0.4, 0.5) is 5.69 Å². The largest absolute Gasteiger partial charge is 0.340 e. The lowest BCUT2D eigenvalue weighted by atomic mass is 10.1. The molecule has 0 aliphatic heterocycles. The Bertz CT molecular complexity index is 891. The molecule has 2 amide bonds. The van der Waals surface area contributed by atoms with Crippen molar-refractivity contribution in [3.63, 3.8) is 0 Å². The monoisotopic (exact) mass is 481 g/mol. The highest BCUT2D eigenvalue weighted by atomic mass is 35.5. The molecule has 2 N–H and O–H groups in total. The lowest BCUT2D eigenvalue weighted by molar-refractivity contribution is -0.118. The number of carbonyl (C=O) groups excluding carboxylic acids is 2. The van der Waals surface area contributed by atoms with E-state index in [4.69, 9.17) is 23.2 Å². The molecule has 1 unspecified atom stereocenters. The van der Waals surface area contributed by atoms with Crippen LogP contribution in [0.15, 0.2) is 42.5 Å². The van der Waals surface area contributed by atoms with E-state index in [1.165, 1.54) is 6.07 Å². The van der Waals surface area contributed by atoms with E-state index < -0.39 is 11.9 Å². The molecule has 0 saturated carbocycles. The van der Waals surface area contributed by atoms with Gasteiger partial charge in [0.15, 0.2) is 0 Å². The van der Waals surface area contributed by atoms with Crippen molar-refractivity contribution >= 4 is 52.5 Å². The number of thioether (sulfide) groups is 1. The van der Waals surface area contributed by atoms with Gasteiger partial charge in [0, 0.05) is 17.3 Å².